The lowest BCUT2D eigenvalue weighted by Gasteiger charge is -2.10. The van der Waals surface area contributed by atoms with E-state index >= 15 is 0 Å². The van der Waals surface area contributed by atoms with Crippen molar-refractivity contribution in [1.29, 1.82) is 0 Å². The van der Waals surface area contributed by atoms with E-state index in [1.54, 1.807) is 6.92 Å². The van der Waals surface area contributed by atoms with E-state index in [-0.39, 0.29) is 11.2 Å². The Hall–Kier alpha value is -1.35. The minimum absolute atomic E-state index is 0.170. The summed E-state index contributed by atoms with van der Waals surface area (Å²) in [6.45, 7) is 8.49. The van der Waals surface area contributed by atoms with Crippen molar-refractivity contribution in [2.24, 2.45) is 0 Å². The third-order valence-corrected chi connectivity index (χ3v) is 3.71. The number of halogens is 1. The van der Waals surface area contributed by atoms with Gasteiger partial charge in [0.25, 0.3) is 0 Å². The van der Waals surface area contributed by atoms with Crippen molar-refractivity contribution < 1.29 is 4.79 Å². The summed E-state index contributed by atoms with van der Waals surface area (Å²) < 4.78 is 2.07. The maximum atomic E-state index is 11.2. The van der Waals surface area contributed by atoms with Crippen molar-refractivity contribution in [3.63, 3.8) is 0 Å². The molecule has 20 heavy (non-hydrogen) atoms. The van der Waals surface area contributed by atoms with Gasteiger partial charge in [0.2, 0.25) is 0 Å². The molecular weight excluding hydrogens is 272 g/mol. The van der Waals surface area contributed by atoms with Crippen molar-refractivity contribution in [1.82, 2.24) is 9.55 Å². The summed E-state index contributed by atoms with van der Waals surface area (Å²) in [4.78, 5) is 15.9. The fraction of sp³-hybridized carbons (Fsp3) is 0.500. The molecule has 0 aliphatic carbocycles. The van der Waals surface area contributed by atoms with Crippen molar-refractivity contribution in [2.75, 3.05) is 0 Å². The van der Waals surface area contributed by atoms with Crippen molar-refractivity contribution in [3.05, 3.63) is 29.6 Å². The highest BCUT2D eigenvalue weighted by molar-refractivity contribution is 6.20. The zero-order chi connectivity index (χ0) is 14.9. The van der Waals surface area contributed by atoms with Crippen LogP contribution >= 0.6 is 11.6 Å². The third kappa shape index (κ3) is 3.04. The van der Waals surface area contributed by atoms with Gasteiger partial charge in [0.1, 0.15) is 11.6 Å². The van der Waals surface area contributed by atoms with Gasteiger partial charge in [-0.3, -0.25) is 4.79 Å². The normalized spacial score (nSPS) is 13.1. The molecule has 0 aliphatic heterocycles. The highest BCUT2D eigenvalue weighted by atomic mass is 35.5. The van der Waals surface area contributed by atoms with E-state index in [0.717, 1.165) is 16.9 Å². The Bertz CT molecular complexity index is 629. The number of nitrogens with zero attached hydrogens (tertiary/aromatic N) is 2. The molecule has 2 rings (SSSR count). The van der Waals surface area contributed by atoms with Crippen LogP contribution in [0.3, 0.4) is 0 Å². The van der Waals surface area contributed by atoms with Crippen LogP contribution in [0.2, 0.25) is 0 Å². The Balaban J connectivity index is 2.51. The maximum Gasteiger partial charge on any atom is 0.131 e. The van der Waals surface area contributed by atoms with Crippen LogP contribution in [0.5, 0.6) is 0 Å². The monoisotopic (exact) mass is 292 g/mol. The number of hydrogen-bond acceptors (Lipinski definition) is 2. The fourth-order valence-corrected chi connectivity index (χ4v) is 2.50. The van der Waals surface area contributed by atoms with Crippen LogP contribution in [-0.4, -0.2) is 15.3 Å². The van der Waals surface area contributed by atoms with Gasteiger partial charge in [0.05, 0.1) is 16.4 Å². The first kappa shape index (κ1) is 15.0. The predicted molar refractivity (Wildman–Crippen MR) is 83.4 cm³/mol. The average molecular weight is 293 g/mol. The van der Waals surface area contributed by atoms with E-state index in [1.165, 1.54) is 5.56 Å². The molecule has 2 aromatic rings. The molecule has 108 valence electrons. The smallest absolute Gasteiger partial charge is 0.131 e. The lowest BCUT2D eigenvalue weighted by Crippen LogP contribution is -2.07. The van der Waals surface area contributed by atoms with Gasteiger partial charge in [-0.25, -0.2) is 4.98 Å². The molecular formula is C16H21ClN2O. The molecule has 1 aromatic heterocycles. The number of alkyl halides is 1. The summed E-state index contributed by atoms with van der Waals surface area (Å²) in [7, 11) is 0. The van der Waals surface area contributed by atoms with Gasteiger partial charge >= 0.3 is 0 Å². The number of benzene rings is 1. The molecule has 0 saturated carbocycles. The van der Waals surface area contributed by atoms with Crippen LogP contribution < -0.4 is 0 Å². The largest absolute Gasteiger partial charge is 0.326 e. The molecule has 1 aromatic carbocycles. The number of ketones is 1. The highest BCUT2D eigenvalue weighted by Gasteiger charge is 2.16. The van der Waals surface area contributed by atoms with Gasteiger partial charge in [0.15, 0.2) is 0 Å². The SMILES string of the molecule is CC(=O)CCn1c(C(C)Cl)nc2cc(C(C)C)ccc21. The molecule has 1 heterocycles. The van der Waals surface area contributed by atoms with Gasteiger partial charge in [-0.05, 0) is 37.5 Å². The highest BCUT2D eigenvalue weighted by Crippen LogP contribution is 2.27. The van der Waals surface area contributed by atoms with E-state index in [0.29, 0.717) is 18.9 Å². The molecule has 0 radical (unpaired) electrons. The Morgan fingerprint density at radius 2 is 2.05 bits per heavy atom. The quantitative estimate of drug-likeness (QED) is 0.764. The molecule has 0 fully saturated rings. The number of Topliss-reactive ketones (excluding diaryl/α,β-unsaturated/α-hetero) is 1. The van der Waals surface area contributed by atoms with Gasteiger partial charge < -0.3 is 4.57 Å². The number of carbonyl (C=O) groups is 1. The van der Waals surface area contributed by atoms with Crippen LogP contribution in [0.25, 0.3) is 11.0 Å². The first-order chi connectivity index (χ1) is 9.40. The van der Waals surface area contributed by atoms with E-state index in [2.05, 4.69) is 41.6 Å². The summed E-state index contributed by atoms with van der Waals surface area (Å²) in [6.07, 6.45) is 0.508. The van der Waals surface area contributed by atoms with Crippen LogP contribution in [0.1, 0.15) is 56.8 Å². The topological polar surface area (TPSA) is 34.9 Å². The lowest BCUT2D eigenvalue weighted by atomic mass is 10.0. The Labute approximate surface area is 125 Å². The minimum atomic E-state index is -0.170. The number of fused-ring (bicyclic) bond motifs is 1. The lowest BCUT2D eigenvalue weighted by molar-refractivity contribution is -0.117. The Kier molecular flexibility index (Phi) is 4.48. The number of rotatable bonds is 5. The molecule has 0 N–H and O–H groups in total. The first-order valence-electron chi connectivity index (χ1n) is 7.03. The summed E-state index contributed by atoms with van der Waals surface area (Å²) in [5.74, 6) is 1.49. The Morgan fingerprint density at radius 3 is 2.60 bits per heavy atom. The van der Waals surface area contributed by atoms with Crippen LogP contribution in [0, 0.1) is 0 Å². The molecule has 3 nitrogen and oxygen atoms in total. The van der Waals surface area contributed by atoms with Crippen LogP contribution in [-0.2, 0) is 11.3 Å². The number of carbonyl (C=O) groups excluding carboxylic acids is 1. The number of imidazole rings is 1. The number of hydrogen-bond donors (Lipinski definition) is 0. The molecule has 0 amide bonds. The summed E-state index contributed by atoms with van der Waals surface area (Å²) >= 11 is 6.23. The van der Waals surface area contributed by atoms with Crippen molar-refractivity contribution in [2.45, 2.75) is 52.0 Å². The zero-order valence-electron chi connectivity index (χ0n) is 12.5. The molecule has 0 aliphatic rings. The average Bonchev–Trinajstić information content (AvgIpc) is 2.73. The van der Waals surface area contributed by atoms with Crippen LogP contribution in [0.4, 0.5) is 0 Å². The van der Waals surface area contributed by atoms with Gasteiger partial charge in [-0.15, -0.1) is 11.6 Å². The third-order valence-electron chi connectivity index (χ3n) is 3.51. The molecule has 1 unspecified atom stereocenters. The predicted octanol–water partition coefficient (Wildman–Crippen LogP) is 4.44. The van der Waals surface area contributed by atoms with Gasteiger partial charge in [-0.2, -0.15) is 0 Å². The fourth-order valence-electron chi connectivity index (χ4n) is 2.33. The second kappa shape index (κ2) is 5.96. The first-order valence-corrected chi connectivity index (χ1v) is 7.47. The summed E-state index contributed by atoms with van der Waals surface area (Å²) in [5, 5.41) is -0.170. The van der Waals surface area contributed by atoms with E-state index in [4.69, 9.17) is 11.6 Å². The van der Waals surface area contributed by atoms with Gasteiger partial charge in [-0.1, -0.05) is 19.9 Å². The molecule has 0 spiro atoms. The maximum absolute atomic E-state index is 11.2. The zero-order valence-corrected chi connectivity index (χ0v) is 13.2. The van der Waals surface area contributed by atoms with Crippen LogP contribution in [0.15, 0.2) is 18.2 Å². The Morgan fingerprint density at radius 1 is 1.35 bits per heavy atom. The second-order valence-electron chi connectivity index (χ2n) is 5.59. The number of aromatic nitrogens is 2. The second-order valence-corrected chi connectivity index (χ2v) is 6.25. The summed E-state index contributed by atoms with van der Waals surface area (Å²) in [6, 6.07) is 6.33. The summed E-state index contributed by atoms with van der Waals surface area (Å²) in [5.41, 5.74) is 3.28. The van der Waals surface area contributed by atoms with Gasteiger partial charge in [0, 0.05) is 13.0 Å². The molecule has 4 heteroatoms. The number of aryl methyl sites for hydroxylation is 1. The van der Waals surface area contributed by atoms with Crippen molar-refractivity contribution >= 4 is 28.4 Å². The molecule has 0 saturated heterocycles. The molecule has 1 atom stereocenters. The minimum Gasteiger partial charge on any atom is -0.326 e. The van der Waals surface area contributed by atoms with Crippen molar-refractivity contribution in [3.8, 4) is 0 Å². The van der Waals surface area contributed by atoms with E-state index < -0.39 is 0 Å². The standard InChI is InChI=1S/C16H21ClN2O/c1-10(2)13-5-6-15-14(9-13)18-16(12(4)17)19(15)8-7-11(3)20/h5-6,9-10,12H,7-8H2,1-4H3. The van der Waals surface area contributed by atoms with E-state index in [1.807, 2.05) is 6.92 Å². The molecule has 0 bridgehead atoms. The van der Waals surface area contributed by atoms with E-state index in [9.17, 15) is 4.79 Å².